The van der Waals surface area contributed by atoms with E-state index >= 15 is 0 Å². The molecular weight excluding hydrogens is 448 g/mol. The van der Waals surface area contributed by atoms with E-state index in [2.05, 4.69) is 63.7 Å². The van der Waals surface area contributed by atoms with Gasteiger partial charge >= 0.3 is 5.97 Å². The van der Waals surface area contributed by atoms with Gasteiger partial charge in [0.2, 0.25) is 0 Å². The van der Waals surface area contributed by atoms with Crippen molar-refractivity contribution in [2.75, 3.05) is 0 Å². The van der Waals surface area contributed by atoms with E-state index in [1.807, 2.05) is 13.8 Å². The van der Waals surface area contributed by atoms with Crippen LogP contribution in [0.5, 0.6) is 0 Å². The number of carboxylic acids is 1. The van der Waals surface area contributed by atoms with Crippen LogP contribution in [0.3, 0.4) is 0 Å². The lowest BCUT2D eigenvalue weighted by atomic mass is 10.1. The molecule has 1 aliphatic rings. The minimum atomic E-state index is -0.721. The van der Waals surface area contributed by atoms with Crippen molar-refractivity contribution in [3.05, 3.63) is 0 Å². The summed E-state index contributed by atoms with van der Waals surface area (Å²) in [6.07, 6.45) is 0. The van der Waals surface area contributed by atoms with Crippen molar-refractivity contribution in [1.82, 2.24) is 0 Å². The fourth-order valence-electron chi connectivity index (χ4n) is 1.90. The van der Waals surface area contributed by atoms with Crippen LogP contribution in [-0.2, 0) is 4.79 Å². The van der Waals surface area contributed by atoms with Gasteiger partial charge in [0.15, 0.2) is 0 Å². The van der Waals surface area contributed by atoms with Gasteiger partial charge in [-0.15, -0.1) is 0 Å². The van der Waals surface area contributed by atoms with Crippen LogP contribution in [0.25, 0.3) is 0 Å². The highest BCUT2D eigenvalue weighted by atomic mass is 80.0. The van der Waals surface area contributed by atoms with Gasteiger partial charge in [-0.1, -0.05) is 77.6 Å². The summed E-state index contributed by atoms with van der Waals surface area (Å²) >= 11 is 13.7. The average molecular weight is 458 g/mol. The maximum Gasteiger partial charge on any atom is 0.307 e. The highest BCUT2D eigenvalue weighted by Gasteiger charge is 2.66. The van der Waals surface area contributed by atoms with E-state index in [4.69, 9.17) is 5.11 Å². The molecule has 0 aromatic carbocycles. The number of carbonyl (C=O) groups is 1. The van der Waals surface area contributed by atoms with Crippen LogP contribution in [0.2, 0.25) is 0 Å². The molecule has 1 unspecified atom stereocenters. The highest BCUT2D eigenvalue weighted by Crippen LogP contribution is 2.65. The van der Waals surface area contributed by atoms with Crippen molar-refractivity contribution in [1.29, 1.82) is 0 Å². The Kier molecular flexibility index (Phi) is 3.85. The summed E-state index contributed by atoms with van der Waals surface area (Å²) in [6, 6.07) is 0. The van der Waals surface area contributed by atoms with E-state index in [0.29, 0.717) is 0 Å². The van der Waals surface area contributed by atoms with Gasteiger partial charge in [0, 0.05) is 0 Å². The standard InChI is InChI=1S/C8H10Br4O2/c1-7(2)3(4(7)6(13)14)5(9)8(10,11)12/h3-5H,1-2H3,(H,13,14)/t3?,4-,5-/m0/s1. The molecule has 0 saturated heterocycles. The Hall–Kier alpha value is 1.39. The number of alkyl halides is 4. The molecule has 1 saturated carbocycles. The smallest absolute Gasteiger partial charge is 0.307 e. The van der Waals surface area contributed by atoms with Gasteiger partial charge in [0.1, 0.15) is 2.14 Å². The molecule has 1 aliphatic carbocycles. The molecule has 0 heterocycles. The average Bonchev–Trinajstić information content (AvgIpc) is 2.49. The van der Waals surface area contributed by atoms with Crippen LogP contribution in [0.15, 0.2) is 0 Å². The van der Waals surface area contributed by atoms with Gasteiger partial charge < -0.3 is 5.11 Å². The number of rotatable bonds is 2. The predicted octanol–water partition coefficient (Wildman–Crippen LogP) is 3.95. The molecule has 82 valence electrons. The lowest BCUT2D eigenvalue weighted by Crippen LogP contribution is -2.22. The zero-order valence-electron chi connectivity index (χ0n) is 7.60. The summed E-state index contributed by atoms with van der Waals surface area (Å²) in [5.74, 6) is -0.891. The summed E-state index contributed by atoms with van der Waals surface area (Å²) in [7, 11) is 0. The van der Waals surface area contributed by atoms with E-state index in [0.717, 1.165) is 0 Å². The van der Waals surface area contributed by atoms with Crippen molar-refractivity contribution in [3.8, 4) is 0 Å². The van der Waals surface area contributed by atoms with Crippen LogP contribution in [-0.4, -0.2) is 18.0 Å². The first-order valence-electron chi connectivity index (χ1n) is 4.03. The molecule has 1 fully saturated rings. The lowest BCUT2D eigenvalue weighted by molar-refractivity contribution is -0.139. The molecule has 0 bridgehead atoms. The molecule has 3 atom stereocenters. The van der Waals surface area contributed by atoms with Crippen molar-refractivity contribution in [2.24, 2.45) is 17.3 Å². The van der Waals surface area contributed by atoms with Crippen LogP contribution in [0, 0.1) is 17.3 Å². The maximum absolute atomic E-state index is 11.0. The quantitative estimate of drug-likeness (QED) is 0.638. The minimum Gasteiger partial charge on any atom is -0.481 e. The zero-order valence-corrected chi connectivity index (χ0v) is 13.9. The SMILES string of the molecule is CC1(C)C([C@H](Br)C(Br)(Br)Br)[C@H]1C(=O)O. The third-order valence-corrected chi connectivity index (χ3v) is 7.38. The Morgan fingerprint density at radius 3 is 2.07 bits per heavy atom. The molecule has 1 N–H and O–H groups in total. The number of halogens is 4. The fraction of sp³-hybridized carbons (Fsp3) is 0.875. The topological polar surface area (TPSA) is 37.3 Å². The first-order chi connectivity index (χ1) is 6.10. The first-order valence-corrected chi connectivity index (χ1v) is 7.33. The van der Waals surface area contributed by atoms with Crippen molar-refractivity contribution in [3.63, 3.8) is 0 Å². The van der Waals surface area contributed by atoms with Gasteiger partial charge in [0.25, 0.3) is 0 Å². The van der Waals surface area contributed by atoms with Crippen LogP contribution >= 0.6 is 63.7 Å². The predicted molar refractivity (Wildman–Crippen MR) is 70.6 cm³/mol. The number of hydrogen-bond donors (Lipinski definition) is 1. The largest absolute Gasteiger partial charge is 0.481 e. The van der Waals surface area contributed by atoms with Crippen molar-refractivity contribution >= 4 is 69.7 Å². The van der Waals surface area contributed by atoms with E-state index in [9.17, 15) is 4.79 Å². The summed E-state index contributed by atoms with van der Waals surface area (Å²) in [5.41, 5.74) is -0.152. The van der Waals surface area contributed by atoms with Gasteiger partial charge in [0.05, 0.1) is 10.7 Å². The van der Waals surface area contributed by atoms with Crippen LogP contribution < -0.4 is 0 Å². The van der Waals surface area contributed by atoms with Crippen molar-refractivity contribution < 1.29 is 9.90 Å². The zero-order chi connectivity index (χ0) is 11.3. The Morgan fingerprint density at radius 1 is 1.43 bits per heavy atom. The van der Waals surface area contributed by atoms with Crippen LogP contribution in [0.1, 0.15) is 13.8 Å². The van der Waals surface area contributed by atoms with E-state index in [1.54, 1.807) is 0 Å². The number of carboxylic acid groups (broad SMARTS) is 1. The normalized spacial score (nSPS) is 32.4. The highest BCUT2D eigenvalue weighted by molar-refractivity contribution is 9.40. The Balaban J connectivity index is 2.79. The Morgan fingerprint density at radius 2 is 1.86 bits per heavy atom. The van der Waals surface area contributed by atoms with Crippen molar-refractivity contribution in [2.45, 2.75) is 20.8 Å². The Labute approximate surface area is 117 Å². The molecule has 2 nitrogen and oxygen atoms in total. The molecule has 0 spiro atoms. The summed E-state index contributed by atoms with van der Waals surface area (Å²) in [6.45, 7) is 3.95. The molecule has 14 heavy (non-hydrogen) atoms. The lowest BCUT2D eigenvalue weighted by Gasteiger charge is -2.20. The third-order valence-electron chi connectivity index (χ3n) is 2.80. The molecule has 1 rings (SSSR count). The molecule has 0 amide bonds. The molecule has 0 aromatic rings. The monoisotopic (exact) mass is 454 g/mol. The van der Waals surface area contributed by atoms with E-state index in [-0.39, 0.29) is 22.1 Å². The van der Waals surface area contributed by atoms with Gasteiger partial charge in [-0.25, -0.2) is 0 Å². The summed E-state index contributed by atoms with van der Waals surface area (Å²) in [5, 5.41) is 9.01. The first kappa shape index (κ1) is 13.5. The summed E-state index contributed by atoms with van der Waals surface area (Å²) in [4.78, 5) is 11.0. The van der Waals surface area contributed by atoms with Gasteiger partial charge in [-0.3, -0.25) is 4.79 Å². The van der Waals surface area contributed by atoms with Gasteiger partial charge in [-0.2, -0.15) is 0 Å². The molecule has 0 aromatic heterocycles. The van der Waals surface area contributed by atoms with Gasteiger partial charge in [-0.05, 0) is 11.3 Å². The Bertz CT molecular complexity index is 259. The fourth-order valence-corrected chi connectivity index (χ4v) is 3.74. The molecular formula is C8H10Br4O2. The molecule has 0 radical (unpaired) electrons. The van der Waals surface area contributed by atoms with E-state index < -0.39 is 8.11 Å². The number of hydrogen-bond acceptors (Lipinski definition) is 1. The second-order valence-corrected chi connectivity index (χ2v) is 12.0. The maximum atomic E-state index is 11.0. The molecule has 6 heteroatoms. The number of aliphatic carboxylic acids is 1. The third kappa shape index (κ3) is 2.38. The minimum absolute atomic E-state index is 0.0195. The van der Waals surface area contributed by atoms with E-state index in [1.165, 1.54) is 0 Å². The molecule has 0 aliphatic heterocycles. The second-order valence-electron chi connectivity index (χ2n) is 4.11. The van der Waals surface area contributed by atoms with Crippen LogP contribution in [0.4, 0.5) is 0 Å². The summed E-state index contributed by atoms with van der Waals surface area (Å²) < 4.78 is -0.445. The second kappa shape index (κ2) is 4.00.